The maximum absolute atomic E-state index is 13.8. The van der Waals surface area contributed by atoms with Gasteiger partial charge in [-0.2, -0.15) is 0 Å². The predicted octanol–water partition coefficient (Wildman–Crippen LogP) is 8.15. The number of hydrogen-bond acceptors (Lipinski definition) is 11. The number of rotatable bonds is 14. The van der Waals surface area contributed by atoms with E-state index in [0.717, 1.165) is 69.5 Å². The Labute approximate surface area is 356 Å². The molecule has 14 nitrogen and oxygen atoms in total. The zero-order chi connectivity index (χ0) is 42.6. The van der Waals surface area contributed by atoms with Crippen LogP contribution in [0.3, 0.4) is 0 Å². The molecule has 2 saturated heterocycles. The van der Waals surface area contributed by atoms with Crippen LogP contribution in [-0.4, -0.2) is 86.6 Å². The molecule has 1 amide bonds. The summed E-state index contributed by atoms with van der Waals surface area (Å²) in [7, 11) is -4.30. The van der Waals surface area contributed by atoms with Gasteiger partial charge in [0.15, 0.2) is 0 Å². The van der Waals surface area contributed by atoms with Gasteiger partial charge < -0.3 is 24.7 Å². The standard InChI is InChI=1S/C46H53N7O7S/c1-46(2)16-12-36(40(27-46)34-6-4-3-5-7-34)30-51-18-20-52(21-19-51)37-9-10-39(43(26-37)60-38-25-35-13-17-47-44(35)49-29-38)45(54)50-61(57,58)31-33-8-11-41(42(24-33)53(55)56)48-28-32-14-22-59-23-15-32/h3-11,13,17,24-26,29,32,48H,12,14-16,18-23,27-28,30-31H2,1-2H3,(H,47,49)(H,50,54). The summed E-state index contributed by atoms with van der Waals surface area (Å²) in [6, 6.07) is 23.8. The van der Waals surface area contributed by atoms with Gasteiger partial charge in [-0.1, -0.05) is 55.8 Å². The van der Waals surface area contributed by atoms with Crippen molar-refractivity contribution in [1.82, 2.24) is 19.6 Å². The van der Waals surface area contributed by atoms with E-state index in [1.807, 2.05) is 12.1 Å². The number of amides is 1. The van der Waals surface area contributed by atoms with E-state index in [2.05, 4.69) is 74.0 Å². The Morgan fingerprint density at radius 3 is 2.57 bits per heavy atom. The van der Waals surface area contributed by atoms with Crippen LogP contribution < -0.4 is 19.7 Å². The van der Waals surface area contributed by atoms with Gasteiger partial charge in [0, 0.05) is 81.9 Å². The second-order valence-electron chi connectivity index (χ2n) is 17.2. The van der Waals surface area contributed by atoms with Crippen molar-refractivity contribution in [3.63, 3.8) is 0 Å². The highest BCUT2D eigenvalue weighted by Crippen LogP contribution is 2.43. The molecule has 0 atom stereocenters. The fourth-order valence-electron chi connectivity index (χ4n) is 8.59. The van der Waals surface area contributed by atoms with Gasteiger partial charge in [0.05, 0.1) is 22.4 Å². The van der Waals surface area contributed by atoms with Gasteiger partial charge in [0.25, 0.3) is 11.6 Å². The Morgan fingerprint density at radius 2 is 1.80 bits per heavy atom. The van der Waals surface area contributed by atoms with Crippen molar-refractivity contribution < 1.29 is 27.6 Å². The van der Waals surface area contributed by atoms with Crippen LogP contribution in [0, 0.1) is 21.4 Å². The number of nitro groups is 1. The molecular formula is C46H53N7O7S. The second kappa shape index (κ2) is 18.1. The van der Waals surface area contributed by atoms with Gasteiger partial charge in [0.1, 0.15) is 22.8 Å². The molecule has 0 unspecified atom stereocenters. The van der Waals surface area contributed by atoms with Crippen molar-refractivity contribution in [3.8, 4) is 11.5 Å². The minimum absolute atomic E-state index is 0.0133. The number of nitrogens with one attached hydrogen (secondary N) is 3. The molecule has 2 aliphatic heterocycles. The van der Waals surface area contributed by atoms with E-state index in [-0.39, 0.29) is 28.0 Å². The molecule has 0 bridgehead atoms. The lowest BCUT2D eigenvalue weighted by Crippen LogP contribution is -2.47. The number of aromatic nitrogens is 2. The van der Waals surface area contributed by atoms with Gasteiger partial charge in [0.2, 0.25) is 10.0 Å². The molecule has 4 heterocycles. The highest BCUT2D eigenvalue weighted by molar-refractivity contribution is 7.89. The Balaban J connectivity index is 0.977. The van der Waals surface area contributed by atoms with Gasteiger partial charge >= 0.3 is 0 Å². The summed E-state index contributed by atoms with van der Waals surface area (Å²) >= 11 is 0. The number of fused-ring (bicyclic) bond motifs is 1. The number of piperazine rings is 1. The molecule has 0 radical (unpaired) electrons. The molecule has 3 aliphatic rings. The van der Waals surface area contributed by atoms with E-state index in [1.165, 1.54) is 41.3 Å². The van der Waals surface area contributed by atoms with Crippen molar-refractivity contribution >= 4 is 49.6 Å². The lowest BCUT2D eigenvalue weighted by Gasteiger charge is -2.39. The number of allylic oxidation sites excluding steroid dienone is 1. The third-order valence-corrected chi connectivity index (χ3v) is 13.3. The molecule has 15 heteroatoms. The maximum Gasteiger partial charge on any atom is 0.292 e. The number of pyridine rings is 1. The smallest absolute Gasteiger partial charge is 0.292 e. The third-order valence-electron chi connectivity index (χ3n) is 12.1. The summed E-state index contributed by atoms with van der Waals surface area (Å²) in [5.41, 5.74) is 6.33. The number of sulfonamides is 1. The van der Waals surface area contributed by atoms with E-state index in [0.29, 0.717) is 42.8 Å². The summed E-state index contributed by atoms with van der Waals surface area (Å²) in [5.74, 6) is -0.664. The van der Waals surface area contributed by atoms with Crippen LogP contribution in [0.2, 0.25) is 0 Å². The fourth-order valence-corrected chi connectivity index (χ4v) is 9.68. The number of H-pyrrole nitrogens is 1. The lowest BCUT2D eigenvalue weighted by molar-refractivity contribution is -0.384. The first-order valence-corrected chi connectivity index (χ1v) is 22.7. The molecule has 2 fully saturated rings. The van der Waals surface area contributed by atoms with Crippen LogP contribution in [0.4, 0.5) is 17.1 Å². The van der Waals surface area contributed by atoms with Crippen LogP contribution in [0.25, 0.3) is 16.6 Å². The highest BCUT2D eigenvalue weighted by Gasteiger charge is 2.30. The van der Waals surface area contributed by atoms with E-state index in [4.69, 9.17) is 9.47 Å². The minimum atomic E-state index is -4.30. The van der Waals surface area contributed by atoms with Gasteiger partial charge in [-0.25, -0.2) is 18.1 Å². The molecular weight excluding hydrogens is 795 g/mol. The molecule has 61 heavy (non-hydrogen) atoms. The molecule has 2 aromatic heterocycles. The average Bonchev–Trinajstić information content (AvgIpc) is 3.72. The molecule has 3 aromatic carbocycles. The fraction of sp³-hybridized carbons (Fsp3) is 0.391. The quantitative estimate of drug-likeness (QED) is 0.0728. The maximum atomic E-state index is 13.8. The summed E-state index contributed by atoms with van der Waals surface area (Å²) < 4.78 is 40.9. The van der Waals surface area contributed by atoms with Crippen LogP contribution in [0.15, 0.2) is 96.8 Å². The van der Waals surface area contributed by atoms with Gasteiger partial charge in [-0.05, 0) is 90.5 Å². The van der Waals surface area contributed by atoms with Gasteiger partial charge in [-0.15, -0.1) is 0 Å². The van der Waals surface area contributed by atoms with Crippen molar-refractivity contribution in [2.75, 3.05) is 62.7 Å². The summed E-state index contributed by atoms with van der Waals surface area (Å²) in [6.07, 6.45) is 8.34. The molecule has 1 aliphatic carbocycles. The number of carbonyl (C=O) groups excluding carboxylic acids is 1. The van der Waals surface area contributed by atoms with Crippen molar-refractivity contribution in [1.29, 1.82) is 0 Å². The van der Waals surface area contributed by atoms with E-state index in [1.54, 1.807) is 30.6 Å². The molecule has 0 saturated carbocycles. The normalized spacial score (nSPS) is 17.6. The zero-order valence-electron chi connectivity index (χ0n) is 34.7. The number of nitro benzene ring substituents is 1. The SMILES string of the molecule is CC1(C)CCC(CN2CCN(c3ccc(C(=O)NS(=O)(=O)Cc4ccc(NCC5CCOCC5)c([N+](=O)[O-])c4)c(Oc4cnc5[nH]ccc5c4)c3)CC2)=C(c2ccccc2)C1. The number of nitrogens with zero attached hydrogens (tertiary/aromatic N) is 4. The Bertz CT molecular complexity index is 2530. The van der Waals surface area contributed by atoms with E-state index < -0.39 is 26.6 Å². The van der Waals surface area contributed by atoms with Crippen LogP contribution in [-0.2, 0) is 20.5 Å². The van der Waals surface area contributed by atoms with Crippen LogP contribution in [0.1, 0.15) is 67.4 Å². The number of benzene rings is 3. The first-order chi connectivity index (χ1) is 29.4. The summed E-state index contributed by atoms with van der Waals surface area (Å²) in [5, 5.41) is 16.0. The van der Waals surface area contributed by atoms with Gasteiger partial charge in [-0.3, -0.25) is 19.8 Å². The number of ether oxygens (including phenoxy) is 2. The number of hydrogen-bond donors (Lipinski definition) is 3. The first kappa shape index (κ1) is 41.9. The highest BCUT2D eigenvalue weighted by atomic mass is 32.2. The molecule has 8 rings (SSSR count). The van der Waals surface area contributed by atoms with Crippen LogP contribution >= 0.6 is 0 Å². The summed E-state index contributed by atoms with van der Waals surface area (Å²) in [6.45, 7) is 10.7. The van der Waals surface area contributed by atoms with E-state index >= 15 is 0 Å². The Morgan fingerprint density at radius 1 is 1.02 bits per heavy atom. The van der Waals surface area contributed by atoms with Crippen molar-refractivity contribution in [2.24, 2.45) is 11.3 Å². The topological polar surface area (TPSA) is 172 Å². The number of anilines is 2. The lowest BCUT2D eigenvalue weighted by atomic mass is 9.72. The molecule has 320 valence electrons. The Hall–Kier alpha value is -5.77. The van der Waals surface area contributed by atoms with Crippen molar-refractivity contribution in [3.05, 3.63) is 124 Å². The largest absolute Gasteiger partial charge is 0.455 e. The average molecular weight is 848 g/mol. The number of carbonyl (C=O) groups is 1. The monoisotopic (exact) mass is 847 g/mol. The first-order valence-electron chi connectivity index (χ1n) is 21.0. The second-order valence-corrected chi connectivity index (χ2v) is 18.9. The molecule has 5 aromatic rings. The number of aromatic amines is 1. The van der Waals surface area contributed by atoms with Crippen LogP contribution in [0.5, 0.6) is 11.5 Å². The summed E-state index contributed by atoms with van der Waals surface area (Å²) in [4.78, 5) is 37.6. The molecule has 3 N–H and O–H groups in total. The molecule has 0 spiro atoms. The third kappa shape index (κ3) is 10.4. The Kier molecular flexibility index (Phi) is 12.4. The van der Waals surface area contributed by atoms with E-state index in [9.17, 15) is 23.3 Å². The van der Waals surface area contributed by atoms with Crippen molar-refractivity contribution in [2.45, 2.75) is 51.7 Å². The zero-order valence-corrected chi connectivity index (χ0v) is 35.5. The minimum Gasteiger partial charge on any atom is -0.455 e. The predicted molar refractivity (Wildman–Crippen MR) is 237 cm³/mol.